The van der Waals surface area contributed by atoms with Crippen LogP contribution in [-0.2, 0) is 11.2 Å². The number of fused-ring (bicyclic) bond motifs is 1. The first-order valence-corrected chi connectivity index (χ1v) is 8.59. The first kappa shape index (κ1) is 15.1. The van der Waals surface area contributed by atoms with Gasteiger partial charge in [-0.25, -0.2) is 0 Å². The van der Waals surface area contributed by atoms with Crippen LogP contribution in [0.1, 0.15) is 56.7 Å². The molecule has 116 valence electrons. The van der Waals surface area contributed by atoms with Gasteiger partial charge >= 0.3 is 0 Å². The molecule has 1 aromatic rings. The van der Waals surface area contributed by atoms with Gasteiger partial charge in [-0.2, -0.15) is 0 Å². The maximum atomic E-state index is 6.55. The number of nitrogens with one attached hydrogen (secondary N) is 1. The fraction of sp³-hybridized carbons (Fsp3) is 0.684. The van der Waals surface area contributed by atoms with E-state index in [-0.39, 0.29) is 0 Å². The van der Waals surface area contributed by atoms with Crippen molar-refractivity contribution in [2.24, 2.45) is 11.8 Å². The molecule has 0 aliphatic heterocycles. The molecule has 0 amide bonds. The Balaban J connectivity index is 1.69. The van der Waals surface area contributed by atoms with Gasteiger partial charge in [0.2, 0.25) is 0 Å². The van der Waals surface area contributed by atoms with Crippen LogP contribution >= 0.6 is 0 Å². The predicted molar refractivity (Wildman–Crippen MR) is 87.4 cm³/mol. The van der Waals surface area contributed by atoms with Crippen LogP contribution in [0.4, 0.5) is 0 Å². The van der Waals surface area contributed by atoms with Crippen molar-refractivity contribution >= 4 is 0 Å². The lowest BCUT2D eigenvalue weighted by atomic mass is 9.79. The van der Waals surface area contributed by atoms with Crippen molar-refractivity contribution in [2.45, 2.75) is 64.2 Å². The topological polar surface area (TPSA) is 21.3 Å². The van der Waals surface area contributed by atoms with Crippen LogP contribution in [0.3, 0.4) is 0 Å². The van der Waals surface area contributed by atoms with Crippen LogP contribution in [0.25, 0.3) is 0 Å². The molecule has 1 aromatic carbocycles. The molecule has 2 aliphatic rings. The summed E-state index contributed by atoms with van der Waals surface area (Å²) in [4.78, 5) is 0. The van der Waals surface area contributed by atoms with Crippen molar-refractivity contribution < 1.29 is 4.74 Å². The van der Waals surface area contributed by atoms with Crippen LogP contribution in [0.15, 0.2) is 24.3 Å². The fourth-order valence-corrected chi connectivity index (χ4v) is 4.09. The lowest BCUT2D eigenvalue weighted by Crippen LogP contribution is -2.40. The molecule has 2 nitrogen and oxygen atoms in total. The number of benzene rings is 1. The van der Waals surface area contributed by atoms with Crippen LogP contribution in [-0.4, -0.2) is 19.3 Å². The van der Waals surface area contributed by atoms with Crippen molar-refractivity contribution in [1.82, 2.24) is 5.32 Å². The summed E-state index contributed by atoms with van der Waals surface area (Å²) in [6, 6.07) is 9.18. The molecular formula is C19H29NO. The molecule has 1 N–H and O–H groups in total. The van der Waals surface area contributed by atoms with E-state index in [1.54, 1.807) is 0 Å². The van der Waals surface area contributed by atoms with E-state index in [0.29, 0.717) is 18.2 Å². The SMILES string of the molecule is CNC1c2ccccc2CCC1OC1CCC(C)C(C)C1. The van der Waals surface area contributed by atoms with Crippen molar-refractivity contribution in [2.75, 3.05) is 7.05 Å². The summed E-state index contributed by atoms with van der Waals surface area (Å²) in [6.45, 7) is 4.76. The minimum absolute atomic E-state index is 0.329. The molecule has 21 heavy (non-hydrogen) atoms. The van der Waals surface area contributed by atoms with Gasteiger partial charge in [0.25, 0.3) is 0 Å². The Labute approximate surface area is 129 Å². The third-order valence-electron chi connectivity index (χ3n) is 5.69. The predicted octanol–water partition coefficient (Wildman–Crippen LogP) is 4.10. The second-order valence-corrected chi connectivity index (χ2v) is 7.07. The third kappa shape index (κ3) is 3.17. The van der Waals surface area contributed by atoms with E-state index >= 15 is 0 Å². The molecular weight excluding hydrogens is 258 g/mol. The molecule has 0 saturated heterocycles. The lowest BCUT2D eigenvalue weighted by molar-refractivity contribution is -0.0672. The lowest BCUT2D eigenvalue weighted by Gasteiger charge is -2.39. The minimum Gasteiger partial charge on any atom is -0.373 e. The summed E-state index contributed by atoms with van der Waals surface area (Å²) < 4.78 is 6.55. The van der Waals surface area contributed by atoms with Gasteiger partial charge in [-0.1, -0.05) is 38.1 Å². The highest BCUT2D eigenvalue weighted by atomic mass is 16.5. The van der Waals surface area contributed by atoms with E-state index in [4.69, 9.17) is 4.74 Å². The summed E-state index contributed by atoms with van der Waals surface area (Å²) in [7, 11) is 2.06. The van der Waals surface area contributed by atoms with Crippen LogP contribution in [0, 0.1) is 11.8 Å². The van der Waals surface area contributed by atoms with E-state index in [1.165, 1.54) is 30.4 Å². The van der Waals surface area contributed by atoms with Crippen LogP contribution in [0.2, 0.25) is 0 Å². The molecule has 0 aromatic heterocycles. The minimum atomic E-state index is 0.329. The van der Waals surface area contributed by atoms with Crippen molar-refractivity contribution in [3.63, 3.8) is 0 Å². The quantitative estimate of drug-likeness (QED) is 0.903. The van der Waals surface area contributed by atoms with Crippen LogP contribution < -0.4 is 5.32 Å². The average Bonchev–Trinajstić information content (AvgIpc) is 2.51. The second kappa shape index (κ2) is 6.50. The molecule has 2 aliphatic carbocycles. The zero-order chi connectivity index (χ0) is 14.8. The Morgan fingerprint density at radius 3 is 2.62 bits per heavy atom. The van der Waals surface area contributed by atoms with Gasteiger partial charge < -0.3 is 10.1 Å². The van der Waals surface area contributed by atoms with Gasteiger partial charge in [0.1, 0.15) is 0 Å². The second-order valence-electron chi connectivity index (χ2n) is 7.07. The number of hydrogen-bond acceptors (Lipinski definition) is 2. The molecule has 0 spiro atoms. The largest absolute Gasteiger partial charge is 0.373 e. The van der Waals surface area contributed by atoms with E-state index in [1.807, 2.05) is 0 Å². The van der Waals surface area contributed by atoms with Gasteiger partial charge in [-0.15, -0.1) is 0 Å². The molecule has 5 atom stereocenters. The number of ether oxygens (including phenoxy) is 1. The van der Waals surface area contributed by atoms with E-state index in [2.05, 4.69) is 50.5 Å². The molecule has 0 heterocycles. The monoisotopic (exact) mass is 287 g/mol. The van der Waals surface area contributed by atoms with E-state index in [0.717, 1.165) is 24.7 Å². The van der Waals surface area contributed by atoms with E-state index < -0.39 is 0 Å². The molecule has 3 rings (SSSR count). The Kier molecular flexibility index (Phi) is 4.66. The van der Waals surface area contributed by atoms with Gasteiger partial charge in [0.15, 0.2) is 0 Å². The Morgan fingerprint density at radius 2 is 1.86 bits per heavy atom. The summed E-state index contributed by atoms with van der Waals surface area (Å²) in [5.74, 6) is 1.66. The standard InChI is InChI=1S/C19H29NO/c1-13-8-10-16(12-14(13)2)21-18-11-9-15-6-4-5-7-17(15)19(18)20-3/h4-7,13-14,16,18-20H,8-12H2,1-3H3. The third-order valence-corrected chi connectivity index (χ3v) is 5.69. The Bertz CT molecular complexity index is 472. The molecule has 2 heteroatoms. The van der Waals surface area contributed by atoms with E-state index in [9.17, 15) is 0 Å². The van der Waals surface area contributed by atoms with Gasteiger partial charge in [-0.3, -0.25) is 0 Å². The smallest absolute Gasteiger partial charge is 0.0776 e. The molecule has 5 unspecified atom stereocenters. The molecule has 0 bridgehead atoms. The zero-order valence-corrected chi connectivity index (χ0v) is 13.6. The van der Waals surface area contributed by atoms with Crippen LogP contribution in [0.5, 0.6) is 0 Å². The number of rotatable bonds is 3. The Hall–Kier alpha value is -0.860. The van der Waals surface area contributed by atoms with Crippen molar-refractivity contribution in [3.8, 4) is 0 Å². The van der Waals surface area contributed by atoms with Gasteiger partial charge in [-0.05, 0) is 62.1 Å². The highest BCUT2D eigenvalue weighted by Gasteiger charge is 2.33. The summed E-state index contributed by atoms with van der Waals surface area (Å²) >= 11 is 0. The molecule has 1 saturated carbocycles. The fourth-order valence-electron chi connectivity index (χ4n) is 4.09. The van der Waals surface area contributed by atoms with Crippen molar-refractivity contribution in [3.05, 3.63) is 35.4 Å². The first-order valence-electron chi connectivity index (χ1n) is 8.59. The Morgan fingerprint density at radius 1 is 1.05 bits per heavy atom. The highest BCUT2D eigenvalue weighted by Crippen LogP contribution is 2.36. The number of likely N-dealkylation sites (N-methyl/N-ethyl adjacent to an activating group) is 1. The summed E-state index contributed by atoms with van der Waals surface area (Å²) in [6.07, 6.45) is 6.87. The molecule has 0 radical (unpaired) electrons. The normalized spacial score (nSPS) is 36.2. The maximum Gasteiger partial charge on any atom is 0.0776 e. The van der Waals surface area contributed by atoms with Gasteiger partial charge in [0.05, 0.1) is 18.2 Å². The highest BCUT2D eigenvalue weighted by molar-refractivity contribution is 5.33. The number of hydrogen-bond donors (Lipinski definition) is 1. The molecule has 1 fully saturated rings. The maximum absolute atomic E-state index is 6.55. The van der Waals surface area contributed by atoms with Crippen molar-refractivity contribution in [1.29, 1.82) is 0 Å². The zero-order valence-electron chi connectivity index (χ0n) is 13.6. The number of aryl methyl sites for hydroxylation is 1. The van der Waals surface area contributed by atoms with Gasteiger partial charge in [0, 0.05) is 0 Å². The summed E-state index contributed by atoms with van der Waals surface area (Å²) in [5.41, 5.74) is 2.93. The average molecular weight is 287 g/mol. The summed E-state index contributed by atoms with van der Waals surface area (Å²) in [5, 5.41) is 3.49. The first-order chi connectivity index (χ1) is 10.2.